The van der Waals surface area contributed by atoms with Crippen LogP contribution in [0, 0.1) is 0 Å². The highest BCUT2D eigenvalue weighted by atomic mass is 35.5. The van der Waals surface area contributed by atoms with Crippen molar-refractivity contribution in [2.24, 2.45) is 0 Å². The molecule has 0 radical (unpaired) electrons. The number of hydrogen-bond donors (Lipinski definition) is 1. The molecular weight excluding hydrogens is 627 g/mol. The molecule has 1 N–H and O–H groups in total. The van der Waals surface area contributed by atoms with Crippen molar-refractivity contribution in [1.29, 1.82) is 0 Å². The maximum atomic E-state index is 13.8. The van der Waals surface area contributed by atoms with Gasteiger partial charge in [0.2, 0.25) is 0 Å². The normalized spacial score (nSPS) is 15.0. The average molecular weight is 656 g/mol. The highest BCUT2D eigenvalue weighted by Crippen LogP contribution is 2.26. The molecule has 0 bridgehead atoms. The molecular formula is C32H29ClF3N5O5. The smallest absolute Gasteiger partial charge is 0.454 e. The highest BCUT2D eigenvalue weighted by molar-refractivity contribution is 6.31. The molecule has 0 spiro atoms. The van der Waals surface area contributed by atoms with E-state index in [2.05, 4.69) is 15.0 Å². The number of nitrogens with zero attached hydrogens (tertiary/aromatic N) is 4. The number of aromatic nitrogens is 2. The van der Waals surface area contributed by atoms with E-state index in [0.29, 0.717) is 40.4 Å². The monoisotopic (exact) mass is 655 g/mol. The summed E-state index contributed by atoms with van der Waals surface area (Å²) < 4.78 is 44.2. The number of anilines is 1. The van der Waals surface area contributed by atoms with Crippen molar-refractivity contribution in [3.63, 3.8) is 0 Å². The van der Waals surface area contributed by atoms with E-state index in [0.717, 1.165) is 0 Å². The van der Waals surface area contributed by atoms with Gasteiger partial charge in [0.1, 0.15) is 17.6 Å². The molecule has 2 amide bonds. The van der Waals surface area contributed by atoms with E-state index in [9.17, 15) is 32.3 Å². The lowest BCUT2D eigenvalue weighted by Gasteiger charge is -2.33. The van der Waals surface area contributed by atoms with Gasteiger partial charge in [-0.25, -0.2) is 9.78 Å². The van der Waals surface area contributed by atoms with Crippen LogP contribution in [0.3, 0.4) is 0 Å². The highest BCUT2D eigenvalue weighted by Gasteiger charge is 2.42. The van der Waals surface area contributed by atoms with Gasteiger partial charge in [-0.05, 0) is 55.3 Å². The second-order valence-electron chi connectivity index (χ2n) is 10.9. The van der Waals surface area contributed by atoms with Gasteiger partial charge in [-0.1, -0.05) is 29.8 Å². The fraction of sp³-hybridized carbons (Fsp3) is 0.281. The molecule has 1 fully saturated rings. The third-order valence-electron chi connectivity index (χ3n) is 7.50. The molecule has 10 nitrogen and oxygen atoms in total. The maximum absolute atomic E-state index is 13.8. The van der Waals surface area contributed by atoms with Crippen LogP contribution in [0.4, 0.5) is 19.0 Å². The fourth-order valence-corrected chi connectivity index (χ4v) is 5.46. The van der Waals surface area contributed by atoms with Crippen LogP contribution >= 0.6 is 11.6 Å². The zero-order chi connectivity index (χ0) is 33.2. The number of pyridine rings is 2. The molecule has 0 aliphatic carbocycles. The maximum Gasteiger partial charge on any atom is 0.490 e. The van der Waals surface area contributed by atoms with Crippen LogP contribution < -0.4 is 15.6 Å². The zero-order valence-electron chi connectivity index (χ0n) is 24.8. The Morgan fingerprint density at radius 2 is 1.83 bits per heavy atom. The van der Waals surface area contributed by atoms with Crippen molar-refractivity contribution < 1.29 is 32.3 Å². The molecule has 240 valence electrons. The minimum absolute atomic E-state index is 0.0178. The Bertz CT molecular complexity index is 1850. The molecule has 1 aliphatic heterocycles. The van der Waals surface area contributed by atoms with E-state index in [1.54, 1.807) is 66.0 Å². The van der Waals surface area contributed by atoms with Crippen molar-refractivity contribution >= 4 is 46.1 Å². The number of esters is 1. The summed E-state index contributed by atoms with van der Waals surface area (Å²) in [5.74, 6) is -2.87. The Morgan fingerprint density at radius 1 is 1.09 bits per heavy atom. The van der Waals surface area contributed by atoms with Gasteiger partial charge < -0.3 is 24.4 Å². The predicted molar refractivity (Wildman–Crippen MR) is 165 cm³/mol. The van der Waals surface area contributed by atoms with Crippen molar-refractivity contribution in [1.82, 2.24) is 19.8 Å². The number of carbonyl (C=O) groups excluding carboxylic acids is 3. The molecule has 1 aliphatic rings. The number of halogens is 4. The van der Waals surface area contributed by atoms with Crippen LogP contribution in [0.1, 0.15) is 39.3 Å². The summed E-state index contributed by atoms with van der Waals surface area (Å²) in [5, 5.41) is 3.40. The number of amides is 2. The number of carbonyl (C=O) groups is 3. The zero-order valence-corrected chi connectivity index (χ0v) is 25.6. The Hall–Kier alpha value is -4.91. The third kappa shape index (κ3) is 6.84. The number of fused-ring (bicyclic) bond motifs is 1. The Labute approximate surface area is 266 Å². The lowest BCUT2D eigenvalue weighted by molar-refractivity contribution is -0.205. The second kappa shape index (κ2) is 13.2. The van der Waals surface area contributed by atoms with Crippen LogP contribution in [0.15, 0.2) is 71.7 Å². The van der Waals surface area contributed by atoms with Gasteiger partial charge in [0.15, 0.2) is 5.43 Å². The Morgan fingerprint density at radius 3 is 2.48 bits per heavy atom. The van der Waals surface area contributed by atoms with Gasteiger partial charge >= 0.3 is 12.1 Å². The Kier molecular flexibility index (Phi) is 9.33. The summed E-state index contributed by atoms with van der Waals surface area (Å²) in [7, 11) is 3.12. The number of para-hydroxylation sites is 1. The van der Waals surface area contributed by atoms with Gasteiger partial charge in [0, 0.05) is 55.0 Å². The van der Waals surface area contributed by atoms with Crippen LogP contribution in [-0.2, 0) is 16.1 Å². The van der Waals surface area contributed by atoms with E-state index in [4.69, 9.17) is 11.6 Å². The fourth-order valence-electron chi connectivity index (χ4n) is 5.29. The van der Waals surface area contributed by atoms with Gasteiger partial charge in [0.25, 0.3) is 11.8 Å². The molecule has 1 atom stereocenters. The SMILES string of the molecule is CN(C)C(=O)c1c(CNC(=O)c2ccc(N3CCCC(OC(=O)C(F)(F)F)C3)nc2)c(=O)c2ccc(Cl)cc2n1-c1ccccc1. The minimum Gasteiger partial charge on any atom is -0.454 e. The standard InChI is InChI=1S/C32H29ClF3N5O5/c1-39(2)30(44)27-24(28(42)23-12-11-20(33)15-25(23)41(27)21-7-4-3-5-8-21)17-38-29(43)19-10-13-26(37-16-19)40-14-6-9-22(18-40)46-31(45)32(34,35)36/h3-5,7-8,10-13,15-16,22H,6,9,14,17-18H2,1-2H3,(H,38,43). The predicted octanol–water partition coefficient (Wildman–Crippen LogP) is 4.75. The van der Waals surface area contributed by atoms with E-state index < -0.39 is 35.5 Å². The van der Waals surface area contributed by atoms with Crippen molar-refractivity contribution in [2.75, 3.05) is 32.1 Å². The summed E-state index contributed by atoms with van der Waals surface area (Å²) in [4.78, 5) is 59.2. The van der Waals surface area contributed by atoms with Crippen LogP contribution in [0.25, 0.3) is 16.6 Å². The van der Waals surface area contributed by atoms with E-state index >= 15 is 0 Å². The molecule has 4 aromatic rings. The van der Waals surface area contributed by atoms with E-state index in [1.807, 2.05) is 6.07 Å². The molecule has 2 aromatic carbocycles. The summed E-state index contributed by atoms with van der Waals surface area (Å²) in [6, 6.07) is 16.8. The molecule has 1 saturated heterocycles. The van der Waals surface area contributed by atoms with Gasteiger partial charge in [-0.2, -0.15) is 13.2 Å². The number of alkyl halides is 3. The topological polar surface area (TPSA) is 114 Å². The van der Waals surface area contributed by atoms with Crippen LogP contribution in [0.5, 0.6) is 0 Å². The average Bonchev–Trinajstić information content (AvgIpc) is 3.03. The summed E-state index contributed by atoms with van der Waals surface area (Å²) in [6.07, 6.45) is -3.97. The van der Waals surface area contributed by atoms with Gasteiger partial charge in [-0.15, -0.1) is 0 Å². The number of piperidine rings is 1. The van der Waals surface area contributed by atoms with Crippen LogP contribution in [0.2, 0.25) is 5.02 Å². The van der Waals surface area contributed by atoms with Gasteiger partial charge in [0.05, 0.1) is 17.6 Å². The second-order valence-corrected chi connectivity index (χ2v) is 11.3. The first-order chi connectivity index (χ1) is 21.8. The first kappa shape index (κ1) is 32.5. The van der Waals surface area contributed by atoms with Crippen molar-refractivity contribution in [3.05, 3.63) is 98.9 Å². The molecule has 2 aromatic heterocycles. The van der Waals surface area contributed by atoms with E-state index in [1.165, 1.54) is 23.2 Å². The number of hydrogen-bond acceptors (Lipinski definition) is 7. The first-order valence-corrected chi connectivity index (χ1v) is 14.6. The number of benzene rings is 2. The molecule has 0 saturated carbocycles. The lowest BCUT2D eigenvalue weighted by Crippen LogP contribution is -2.43. The van der Waals surface area contributed by atoms with Gasteiger partial charge in [-0.3, -0.25) is 14.4 Å². The number of ether oxygens (including phenoxy) is 1. The van der Waals surface area contributed by atoms with E-state index in [-0.39, 0.29) is 36.3 Å². The number of nitrogens with one attached hydrogen (secondary N) is 1. The summed E-state index contributed by atoms with van der Waals surface area (Å²) >= 11 is 6.30. The largest absolute Gasteiger partial charge is 0.490 e. The van der Waals surface area contributed by atoms with Crippen LogP contribution in [-0.4, -0.2) is 71.7 Å². The molecule has 46 heavy (non-hydrogen) atoms. The summed E-state index contributed by atoms with van der Waals surface area (Å²) in [6.45, 7) is 0.212. The quantitative estimate of drug-likeness (QED) is 0.286. The number of rotatable bonds is 7. The lowest BCUT2D eigenvalue weighted by atomic mass is 10.0. The van der Waals surface area contributed by atoms with Crippen molar-refractivity contribution in [3.8, 4) is 5.69 Å². The molecule has 14 heteroatoms. The molecule has 1 unspecified atom stereocenters. The van der Waals surface area contributed by atoms with Crippen molar-refractivity contribution in [2.45, 2.75) is 31.7 Å². The molecule has 3 heterocycles. The third-order valence-corrected chi connectivity index (χ3v) is 7.73. The Balaban J connectivity index is 1.41. The first-order valence-electron chi connectivity index (χ1n) is 14.3. The minimum atomic E-state index is -5.08. The molecule has 5 rings (SSSR count). The summed E-state index contributed by atoms with van der Waals surface area (Å²) in [5.41, 5.74) is 0.886.